The Hall–Kier alpha value is -3.22. The second kappa shape index (κ2) is 7.42. The molecule has 0 aliphatic carbocycles. The molecule has 28 heavy (non-hydrogen) atoms. The van der Waals surface area contributed by atoms with Gasteiger partial charge in [-0.2, -0.15) is 5.10 Å². The van der Waals surface area contributed by atoms with Gasteiger partial charge in [0.2, 0.25) is 0 Å². The minimum atomic E-state index is -0.961. The molecule has 0 saturated carbocycles. The molecular formula is C22H21N3O3. The van der Waals surface area contributed by atoms with Crippen molar-refractivity contribution in [3.8, 4) is 11.3 Å². The zero-order chi connectivity index (χ0) is 19.7. The van der Waals surface area contributed by atoms with E-state index in [-0.39, 0.29) is 19.1 Å². The van der Waals surface area contributed by atoms with Crippen molar-refractivity contribution in [2.45, 2.75) is 6.10 Å². The van der Waals surface area contributed by atoms with Crippen LogP contribution < -0.4 is 0 Å². The van der Waals surface area contributed by atoms with Gasteiger partial charge in [0, 0.05) is 24.7 Å². The highest BCUT2D eigenvalue weighted by atomic mass is 16.3. The summed E-state index contributed by atoms with van der Waals surface area (Å²) in [6.07, 6.45) is 0.803. The number of hydrogen-bond acceptors (Lipinski definition) is 4. The molecule has 0 fully saturated rings. The van der Waals surface area contributed by atoms with Gasteiger partial charge in [0.25, 0.3) is 5.91 Å². The number of benzene rings is 2. The molecule has 0 saturated heterocycles. The monoisotopic (exact) mass is 375 g/mol. The molecule has 0 bridgehead atoms. The molecule has 4 rings (SSSR count). The van der Waals surface area contributed by atoms with Crippen molar-refractivity contribution in [2.24, 2.45) is 0 Å². The van der Waals surface area contributed by atoms with Gasteiger partial charge in [0.1, 0.15) is 0 Å². The van der Waals surface area contributed by atoms with Gasteiger partial charge >= 0.3 is 0 Å². The minimum Gasteiger partial charge on any atom is -0.394 e. The number of aromatic nitrogens is 2. The fourth-order valence-corrected chi connectivity index (χ4v) is 3.52. The highest BCUT2D eigenvalue weighted by Gasteiger charge is 2.19. The van der Waals surface area contributed by atoms with Gasteiger partial charge in [-0.15, -0.1) is 0 Å². The maximum Gasteiger partial charge on any atom is 0.254 e. The highest BCUT2D eigenvalue weighted by molar-refractivity contribution is 6.10. The first kappa shape index (κ1) is 18.2. The molecule has 6 heteroatoms. The number of fused-ring (bicyclic) bond motifs is 2. The second-order valence-electron chi connectivity index (χ2n) is 6.81. The van der Waals surface area contributed by atoms with Crippen molar-refractivity contribution in [1.29, 1.82) is 0 Å². The lowest BCUT2D eigenvalue weighted by Crippen LogP contribution is -2.35. The van der Waals surface area contributed by atoms with E-state index < -0.39 is 6.10 Å². The third-order valence-electron chi connectivity index (χ3n) is 4.89. The van der Waals surface area contributed by atoms with E-state index >= 15 is 0 Å². The van der Waals surface area contributed by atoms with E-state index in [4.69, 9.17) is 5.11 Å². The summed E-state index contributed by atoms with van der Waals surface area (Å²) in [5, 5.41) is 24.9. The van der Waals surface area contributed by atoms with Crippen LogP contribution in [0.1, 0.15) is 10.4 Å². The second-order valence-corrected chi connectivity index (χ2v) is 6.81. The molecule has 142 valence electrons. The molecule has 0 radical (unpaired) electrons. The number of carbonyl (C=O) groups is 1. The molecular weight excluding hydrogens is 354 g/mol. The van der Waals surface area contributed by atoms with E-state index in [0.29, 0.717) is 5.56 Å². The zero-order valence-electron chi connectivity index (χ0n) is 15.5. The minimum absolute atomic E-state index is 0.0675. The lowest BCUT2D eigenvalue weighted by Gasteiger charge is -2.21. The lowest BCUT2D eigenvalue weighted by atomic mass is 9.96. The lowest BCUT2D eigenvalue weighted by molar-refractivity contribution is 0.0521. The van der Waals surface area contributed by atoms with Gasteiger partial charge in [-0.05, 0) is 35.0 Å². The van der Waals surface area contributed by atoms with Crippen LogP contribution in [0, 0.1) is 0 Å². The molecule has 1 amide bonds. The Morgan fingerprint density at radius 2 is 1.86 bits per heavy atom. The Balaban J connectivity index is 1.84. The highest BCUT2D eigenvalue weighted by Crippen LogP contribution is 2.31. The van der Waals surface area contributed by atoms with Crippen LogP contribution in [0.3, 0.4) is 0 Å². The number of pyridine rings is 1. The number of nitrogens with zero attached hydrogens (tertiary/aromatic N) is 3. The van der Waals surface area contributed by atoms with Gasteiger partial charge in [-0.1, -0.05) is 36.4 Å². The number of rotatable bonds is 5. The van der Waals surface area contributed by atoms with Crippen molar-refractivity contribution in [3.05, 3.63) is 72.4 Å². The van der Waals surface area contributed by atoms with Gasteiger partial charge in [-0.3, -0.25) is 4.79 Å². The number of likely N-dealkylation sites (N-methyl/N-ethyl adjacent to an activating group) is 1. The standard InChI is InChI=1S/C22H21N3O3/c1-24(13-16(27)14-26)22(28)20-10-9-19(17-6-2-3-7-18(17)20)21-8-4-5-15-11-12-23-25(15)21/h2-12,16,26-27H,13-14H2,1H3. The number of carbonyl (C=O) groups excluding carboxylic acids is 1. The molecule has 0 aliphatic rings. The van der Waals surface area contributed by atoms with Crippen LogP contribution in [-0.4, -0.2) is 56.9 Å². The molecule has 2 N–H and O–H groups in total. The molecule has 2 aromatic carbocycles. The third kappa shape index (κ3) is 3.13. The predicted molar refractivity (Wildman–Crippen MR) is 108 cm³/mol. The molecule has 2 heterocycles. The Bertz CT molecular complexity index is 1150. The maximum atomic E-state index is 12.9. The van der Waals surface area contributed by atoms with Crippen molar-refractivity contribution in [3.63, 3.8) is 0 Å². The molecule has 0 aliphatic heterocycles. The van der Waals surface area contributed by atoms with E-state index in [0.717, 1.165) is 27.5 Å². The van der Waals surface area contributed by atoms with E-state index in [9.17, 15) is 9.90 Å². The summed E-state index contributed by atoms with van der Waals surface area (Å²) in [5.74, 6) is -0.201. The molecule has 0 spiro atoms. The first-order valence-corrected chi connectivity index (χ1v) is 9.09. The number of aliphatic hydroxyl groups excluding tert-OH is 2. The van der Waals surface area contributed by atoms with Gasteiger partial charge in [-0.25, -0.2) is 4.52 Å². The van der Waals surface area contributed by atoms with Crippen LogP contribution in [0.5, 0.6) is 0 Å². The summed E-state index contributed by atoms with van der Waals surface area (Å²) >= 11 is 0. The average molecular weight is 375 g/mol. The number of amides is 1. The Morgan fingerprint density at radius 3 is 2.64 bits per heavy atom. The van der Waals surface area contributed by atoms with Crippen LogP contribution in [-0.2, 0) is 0 Å². The summed E-state index contributed by atoms with van der Waals surface area (Å²) in [4.78, 5) is 14.4. The molecule has 6 nitrogen and oxygen atoms in total. The summed E-state index contributed by atoms with van der Waals surface area (Å²) < 4.78 is 1.88. The van der Waals surface area contributed by atoms with E-state index in [1.54, 1.807) is 13.2 Å². The summed E-state index contributed by atoms with van der Waals surface area (Å²) in [5.41, 5.74) is 3.49. The largest absolute Gasteiger partial charge is 0.394 e. The molecule has 2 aromatic heterocycles. The van der Waals surface area contributed by atoms with Crippen molar-refractivity contribution < 1.29 is 15.0 Å². The zero-order valence-corrected chi connectivity index (χ0v) is 15.5. The summed E-state index contributed by atoms with van der Waals surface area (Å²) in [6.45, 7) is -0.316. The summed E-state index contributed by atoms with van der Waals surface area (Å²) in [6, 6.07) is 19.5. The van der Waals surface area contributed by atoms with Crippen molar-refractivity contribution in [2.75, 3.05) is 20.2 Å². The van der Waals surface area contributed by atoms with Crippen LogP contribution >= 0.6 is 0 Å². The Morgan fingerprint density at radius 1 is 1.07 bits per heavy atom. The average Bonchev–Trinajstić information content (AvgIpc) is 3.21. The number of hydrogen-bond donors (Lipinski definition) is 2. The van der Waals surface area contributed by atoms with E-state index in [2.05, 4.69) is 5.10 Å². The smallest absolute Gasteiger partial charge is 0.254 e. The first-order chi connectivity index (χ1) is 13.6. The fraction of sp³-hybridized carbons (Fsp3) is 0.182. The Labute approximate surface area is 162 Å². The van der Waals surface area contributed by atoms with Crippen LogP contribution in [0.15, 0.2) is 66.9 Å². The van der Waals surface area contributed by atoms with Crippen molar-refractivity contribution in [1.82, 2.24) is 14.5 Å². The first-order valence-electron chi connectivity index (χ1n) is 9.09. The quantitative estimate of drug-likeness (QED) is 0.562. The number of aliphatic hydroxyl groups is 2. The van der Waals surface area contributed by atoms with Crippen LogP contribution in [0.2, 0.25) is 0 Å². The normalized spacial score (nSPS) is 12.4. The molecule has 1 atom stereocenters. The molecule has 4 aromatic rings. The maximum absolute atomic E-state index is 12.9. The summed E-state index contributed by atoms with van der Waals surface area (Å²) in [7, 11) is 1.62. The third-order valence-corrected chi connectivity index (χ3v) is 4.89. The fourth-order valence-electron chi connectivity index (χ4n) is 3.52. The van der Waals surface area contributed by atoms with Crippen LogP contribution in [0.4, 0.5) is 0 Å². The predicted octanol–water partition coefficient (Wildman–Crippen LogP) is 2.58. The SMILES string of the molecule is CN(CC(O)CO)C(=O)c1ccc(-c2cccc3ccnn23)c2ccccc12. The Kier molecular flexibility index (Phi) is 4.81. The van der Waals surface area contributed by atoms with Gasteiger partial charge in [0.05, 0.1) is 30.1 Å². The van der Waals surface area contributed by atoms with E-state index in [1.807, 2.05) is 65.2 Å². The molecule has 1 unspecified atom stereocenters. The van der Waals surface area contributed by atoms with Crippen molar-refractivity contribution >= 4 is 22.2 Å². The topological polar surface area (TPSA) is 78.1 Å². The van der Waals surface area contributed by atoms with Crippen LogP contribution in [0.25, 0.3) is 27.5 Å². The van der Waals surface area contributed by atoms with E-state index in [1.165, 1.54) is 4.90 Å². The van der Waals surface area contributed by atoms with Gasteiger partial charge in [0.15, 0.2) is 0 Å². The van der Waals surface area contributed by atoms with Gasteiger partial charge < -0.3 is 15.1 Å².